The van der Waals surface area contributed by atoms with Gasteiger partial charge in [-0.05, 0) is 42.7 Å². The van der Waals surface area contributed by atoms with Crippen molar-refractivity contribution in [1.29, 1.82) is 0 Å². The fourth-order valence-corrected chi connectivity index (χ4v) is 2.66. The van der Waals surface area contributed by atoms with Crippen LogP contribution in [0.4, 0.5) is 4.39 Å². The molecule has 4 nitrogen and oxygen atoms in total. The van der Waals surface area contributed by atoms with Crippen molar-refractivity contribution in [1.82, 2.24) is 14.5 Å². The Balaban J connectivity index is 1.94. The van der Waals surface area contributed by atoms with Crippen LogP contribution in [0.2, 0.25) is 0 Å². The second-order valence-corrected chi connectivity index (χ2v) is 5.43. The smallest absolute Gasteiger partial charge is 0.160 e. The summed E-state index contributed by atoms with van der Waals surface area (Å²) >= 11 is 0. The predicted molar refractivity (Wildman–Crippen MR) is 79.1 cm³/mol. The third-order valence-corrected chi connectivity index (χ3v) is 3.86. The number of hydrogen-bond donors (Lipinski definition) is 1. The van der Waals surface area contributed by atoms with Crippen LogP contribution in [-0.4, -0.2) is 14.5 Å². The van der Waals surface area contributed by atoms with E-state index in [0.717, 1.165) is 35.3 Å². The molecule has 1 fully saturated rings. The first kappa shape index (κ1) is 12.5. The zero-order valence-electron chi connectivity index (χ0n) is 11.5. The van der Waals surface area contributed by atoms with Crippen LogP contribution >= 0.6 is 0 Å². The quantitative estimate of drug-likeness (QED) is 0.803. The highest BCUT2D eigenvalue weighted by atomic mass is 19.1. The van der Waals surface area contributed by atoms with E-state index in [4.69, 9.17) is 10.7 Å². The molecule has 1 aromatic carbocycles. The summed E-state index contributed by atoms with van der Waals surface area (Å²) in [6.07, 6.45) is 3.54. The first-order valence-corrected chi connectivity index (χ1v) is 7.09. The Kier molecular flexibility index (Phi) is 2.75. The lowest BCUT2D eigenvalue weighted by molar-refractivity contribution is 0.621. The summed E-state index contributed by atoms with van der Waals surface area (Å²) < 4.78 is 15.3. The molecule has 106 valence electrons. The van der Waals surface area contributed by atoms with Crippen molar-refractivity contribution in [3.63, 3.8) is 0 Å². The number of nitrogens with zero attached hydrogens (tertiary/aromatic N) is 3. The minimum Gasteiger partial charge on any atom is -0.326 e. The Hall–Kier alpha value is -2.27. The van der Waals surface area contributed by atoms with Gasteiger partial charge >= 0.3 is 0 Å². The van der Waals surface area contributed by atoms with Gasteiger partial charge < -0.3 is 10.3 Å². The van der Waals surface area contributed by atoms with E-state index in [1.807, 2.05) is 12.1 Å². The molecule has 0 radical (unpaired) electrons. The van der Waals surface area contributed by atoms with Crippen molar-refractivity contribution in [2.75, 3.05) is 0 Å². The molecular weight excluding hydrogens is 267 g/mol. The summed E-state index contributed by atoms with van der Waals surface area (Å²) in [6.45, 7) is 0.496. The highest BCUT2D eigenvalue weighted by Crippen LogP contribution is 2.41. The molecule has 1 aliphatic rings. The lowest BCUT2D eigenvalue weighted by Gasteiger charge is -2.07. The van der Waals surface area contributed by atoms with Gasteiger partial charge in [-0.3, -0.25) is 0 Å². The van der Waals surface area contributed by atoms with Crippen LogP contribution in [0.15, 0.2) is 36.5 Å². The molecule has 2 aromatic heterocycles. The van der Waals surface area contributed by atoms with Gasteiger partial charge in [-0.25, -0.2) is 14.4 Å². The van der Waals surface area contributed by atoms with Gasteiger partial charge in [-0.15, -0.1) is 0 Å². The van der Waals surface area contributed by atoms with Crippen LogP contribution < -0.4 is 5.73 Å². The molecule has 0 saturated heterocycles. The van der Waals surface area contributed by atoms with Crippen molar-refractivity contribution < 1.29 is 4.39 Å². The van der Waals surface area contributed by atoms with E-state index in [-0.39, 0.29) is 5.82 Å². The third kappa shape index (κ3) is 2.10. The van der Waals surface area contributed by atoms with E-state index in [0.29, 0.717) is 18.3 Å². The van der Waals surface area contributed by atoms with Gasteiger partial charge in [0.05, 0.1) is 17.2 Å². The Labute approximate surface area is 121 Å². The number of imidazole rings is 1. The summed E-state index contributed by atoms with van der Waals surface area (Å²) in [6, 6.07) is 9.69. The summed E-state index contributed by atoms with van der Waals surface area (Å²) in [4.78, 5) is 8.88. The van der Waals surface area contributed by atoms with Gasteiger partial charge in [-0.2, -0.15) is 0 Å². The molecule has 0 aliphatic heterocycles. The number of aromatic nitrogens is 3. The molecule has 0 bridgehead atoms. The fourth-order valence-electron chi connectivity index (χ4n) is 2.66. The van der Waals surface area contributed by atoms with Gasteiger partial charge in [0.15, 0.2) is 5.82 Å². The largest absolute Gasteiger partial charge is 0.326 e. The third-order valence-electron chi connectivity index (χ3n) is 3.86. The number of nitrogens with two attached hydrogens (primary N) is 1. The second-order valence-electron chi connectivity index (χ2n) is 5.43. The lowest BCUT2D eigenvalue weighted by atomic mass is 10.2. The molecule has 1 saturated carbocycles. The number of pyridine rings is 1. The van der Waals surface area contributed by atoms with Crippen LogP contribution in [0.1, 0.15) is 24.4 Å². The number of benzene rings is 1. The SMILES string of the molecule is NCc1ccc2c(c1)nc(-c1ccc(F)cn1)n2C1CC1. The summed E-state index contributed by atoms with van der Waals surface area (Å²) in [5.41, 5.74) is 9.47. The van der Waals surface area contributed by atoms with E-state index in [1.54, 1.807) is 6.07 Å². The average Bonchev–Trinajstić information content (AvgIpc) is 3.27. The molecule has 0 atom stereocenters. The van der Waals surface area contributed by atoms with Gasteiger partial charge in [0, 0.05) is 12.6 Å². The molecule has 21 heavy (non-hydrogen) atoms. The topological polar surface area (TPSA) is 56.7 Å². The Morgan fingerprint density at radius 2 is 2.10 bits per heavy atom. The normalized spacial score (nSPS) is 14.8. The highest BCUT2D eigenvalue weighted by Gasteiger charge is 2.29. The summed E-state index contributed by atoms with van der Waals surface area (Å²) in [5.74, 6) is 0.472. The van der Waals surface area contributed by atoms with Crippen LogP contribution in [0.25, 0.3) is 22.6 Å². The maximum atomic E-state index is 13.1. The molecule has 2 N–H and O–H groups in total. The summed E-state index contributed by atoms with van der Waals surface area (Å²) in [5, 5.41) is 0. The summed E-state index contributed by atoms with van der Waals surface area (Å²) in [7, 11) is 0. The zero-order valence-corrected chi connectivity index (χ0v) is 11.5. The van der Waals surface area contributed by atoms with Crippen LogP contribution in [0, 0.1) is 5.82 Å². The van der Waals surface area contributed by atoms with E-state index < -0.39 is 0 Å². The van der Waals surface area contributed by atoms with Crippen LogP contribution in [0.3, 0.4) is 0 Å². The Bertz CT molecular complexity index is 803. The molecule has 4 rings (SSSR count). The van der Waals surface area contributed by atoms with Crippen molar-refractivity contribution in [2.45, 2.75) is 25.4 Å². The zero-order chi connectivity index (χ0) is 14.4. The molecule has 0 amide bonds. The minimum absolute atomic E-state index is 0.335. The van der Waals surface area contributed by atoms with E-state index >= 15 is 0 Å². The molecule has 5 heteroatoms. The number of rotatable bonds is 3. The van der Waals surface area contributed by atoms with E-state index in [1.165, 1.54) is 12.3 Å². The van der Waals surface area contributed by atoms with Crippen LogP contribution in [0.5, 0.6) is 0 Å². The molecule has 3 aromatic rings. The fraction of sp³-hybridized carbons (Fsp3) is 0.250. The molecule has 0 unspecified atom stereocenters. The van der Waals surface area contributed by atoms with Gasteiger partial charge in [0.1, 0.15) is 11.5 Å². The molecule has 1 aliphatic carbocycles. The Morgan fingerprint density at radius 1 is 1.24 bits per heavy atom. The molecule has 2 heterocycles. The van der Waals surface area contributed by atoms with E-state index in [2.05, 4.69) is 15.6 Å². The number of fused-ring (bicyclic) bond motifs is 1. The number of halogens is 1. The van der Waals surface area contributed by atoms with Gasteiger partial charge in [0.25, 0.3) is 0 Å². The molecule has 0 spiro atoms. The predicted octanol–water partition coefficient (Wildman–Crippen LogP) is 3.03. The van der Waals surface area contributed by atoms with Crippen molar-refractivity contribution in [3.8, 4) is 11.5 Å². The standard InChI is InChI=1S/C16H15FN4/c17-11-2-5-13(19-9-11)16-20-14-7-10(8-18)1-6-15(14)21(16)12-3-4-12/h1-2,5-7,9,12H,3-4,8,18H2. The second kappa shape index (κ2) is 4.63. The monoisotopic (exact) mass is 282 g/mol. The van der Waals surface area contributed by atoms with Gasteiger partial charge in [0.2, 0.25) is 0 Å². The maximum Gasteiger partial charge on any atom is 0.160 e. The highest BCUT2D eigenvalue weighted by molar-refractivity contribution is 5.81. The Morgan fingerprint density at radius 3 is 2.76 bits per heavy atom. The van der Waals surface area contributed by atoms with Crippen molar-refractivity contribution >= 4 is 11.0 Å². The molecular formula is C16H15FN4. The van der Waals surface area contributed by atoms with Crippen molar-refractivity contribution in [3.05, 3.63) is 47.9 Å². The van der Waals surface area contributed by atoms with Gasteiger partial charge in [-0.1, -0.05) is 6.07 Å². The minimum atomic E-state index is -0.335. The lowest BCUT2D eigenvalue weighted by Crippen LogP contribution is -1.99. The first-order chi connectivity index (χ1) is 10.3. The van der Waals surface area contributed by atoms with Crippen LogP contribution in [-0.2, 0) is 6.54 Å². The number of hydrogen-bond acceptors (Lipinski definition) is 3. The average molecular weight is 282 g/mol. The van der Waals surface area contributed by atoms with E-state index in [9.17, 15) is 4.39 Å². The first-order valence-electron chi connectivity index (χ1n) is 7.09. The maximum absolute atomic E-state index is 13.1. The van der Waals surface area contributed by atoms with Crippen molar-refractivity contribution in [2.24, 2.45) is 5.73 Å².